The number of rotatable bonds is 5. The fourth-order valence-corrected chi connectivity index (χ4v) is 3.83. The molecule has 0 saturated heterocycles. The maximum atomic E-state index is 12.6. The molecule has 2 unspecified atom stereocenters. The van der Waals surface area contributed by atoms with Gasteiger partial charge < -0.3 is 10.2 Å². The van der Waals surface area contributed by atoms with Gasteiger partial charge in [0.25, 0.3) is 0 Å². The Bertz CT molecular complexity index is 683. The molecule has 1 saturated carbocycles. The molecule has 1 aliphatic carbocycles. The summed E-state index contributed by atoms with van der Waals surface area (Å²) in [6, 6.07) is 2.19. The van der Waals surface area contributed by atoms with E-state index in [1.807, 2.05) is 0 Å². The predicted molar refractivity (Wildman–Crippen MR) is 76.9 cm³/mol. The van der Waals surface area contributed by atoms with Crippen molar-refractivity contribution in [1.29, 1.82) is 0 Å². The summed E-state index contributed by atoms with van der Waals surface area (Å²) in [6.07, 6.45) is 1.01. The van der Waals surface area contributed by atoms with Gasteiger partial charge in [0, 0.05) is 13.6 Å². The summed E-state index contributed by atoms with van der Waals surface area (Å²) >= 11 is 0. The van der Waals surface area contributed by atoms with Gasteiger partial charge in [0.2, 0.25) is 10.0 Å². The van der Waals surface area contributed by atoms with E-state index in [1.54, 1.807) is 0 Å². The Morgan fingerprint density at radius 2 is 2.00 bits per heavy atom. The van der Waals surface area contributed by atoms with Crippen molar-refractivity contribution < 1.29 is 23.4 Å². The van der Waals surface area contributed by atoms with Crippen LogP contribution in [0.4, 0.5) is 0 Å². The summed E-state index contributed by atoms with van der Waals surface area (Å²) in [5.74, 6) is -0.904. The Kier molecular flexibility index (Phi) is 3.99. The van der Waals surface area contributed by atoms with E-state index in [0.717, 1.165) is 12.5 Å². The van der Waals surface area contributed by atoms with Gasteiger partial charge in [-0.25, -0.2) is 17.5 Å². The normalized spacial score (nSPS) is 21.5. The van der Waals surface area contributed by atoms with Crippen LogP contribution >= 0.6 is 0 Å². The van der Waals surface area contributed by atoms with Crippen molar-refractivity contribution in [3.63, 3.8) is 0 Å². The number of hydrogen-bond donors (Lipinski definition) is 2. The van der Waals surface area contributed by atoms with Gasteiger partial charge in [-0.3, -0.25) is 0 Å². The lowest BCUT2D eigenvalue weighted by Gasteiger charge is -2.19. The van der Waals surface area contributed by atoms with E-state index in [4.69, 9.17) is 5.11 Å². The van der Waals surface area contributed by atoms with E-state index in [2.05, 4.69) is 6.92 Å². The van der Waals surface area contributed by atoms with E-state index < -0.39 is 27.3 Å². The second kappa shape index (κ2) is 5.31. The molecule has 7 heteroatoms. The first kappa shape index (κ1) is 15.8. The zero-order chi connectivity index (χ0) is 15.9. The van der Waals surface area contributed by atoms with Crippen LogP contribution in [-0.2, 0) is 10.0 Å². The van der Waals surface area contributed by atoms with E-state index in [9.17, 15) is 18.3 Å². The number of nitrogens with zero attached hydrogens (tertiary/aromatic N) is 1. The number of aryl methyl sites for hydroxylation is 1. The van der Waals surface area contributed by atoms with Crippen LogP contribution in [0.1, 0.15) is 29.3 Å². The number of hydrogen-bond acceptors (Lipinski definition) is 4. The number of aromatic hydroxyl groups is 1. The third kappa shape index (κ3) is 3.03. The van der Waals surface area contributed by atoms with Crippen LogP contribution in [0, 0.1) is 18.8 Å². The molecular formula is C14H19NO5S. The summed E-state index contributed by atoms with van der Waals surface area (Å²) in [5, 5.41) is 18.6. The molecule has 1 aliphatic rings. The van der Waals surface area contributed by atoms with Crippen LogP contribution in [0.3, 0.4) is 0 Å². The second-order valence-electron chi connectivity index (χ2n) is 5.70. The van der Waals surface area contributed by atoms with Crippen molar-refractivity contribution in [2.24, 2.45) is 11.8 Å². The molecule has 1 fully saturated rings. The van der Waals surface area contributed by atoms with Crippen LogP contribution in [-0.4, -0.2) is 42.5 Å². The zero-order valence-corrected chi connectivity index (χ0v) is 13.0. The summed E-state index contributed by atoms with van der Waals surface area (Å²) in [5.41, 5.74) is -0.0828. The van der Waals surface area contributed by atoms with Gasteiger partial charge in [-0.15, -0.1) is 0 Å². The van der Waals surface area contributed by atoms with Crippen molar-refractivity contribution in [3.05, 3.63) is 23.3 Å². The first-order valence-corrected chi connectivity index (χ1v) is 8.12. The molecule has 116 valence electrons. The molecule has 0 spiro atoms. The van der Waals surface area contributed by atoms with Gasteiger partial charge in [0.15, 0.2) is 0 Å². The number of aromatic carboxylic acids is 1. The maximum Gasteiger partial charge on any atom is 0.339 e. The Morgan fingerprint density at radius 3 is 2.48 bits per heavy atom. The topological polar surface area (TPSA) is 94.9 Å². The highest BCUT2D eigenvalue weighted by molar-refractivity contribution is 7.89. The van der Waals surface area contributed by atoms with Gasteiger partial charge in [0.1, 0.15) is 11.3 Å². The quantitative estimate of drug-likeness (QED) is 0.862. The van der Waals surface area contributed by atoms with Crippen molar-refractivity contribution >= 4 is 16.0 Å². The Labute approximate surface area is 124 Å². The minimum absolute atomic E-state index is 0.0755. The summed E-state index contributed by atoms with van der Waals surface area (Å²) in [6.45, 7) is 4.03. The Balaban J connectivity index is 2.39. The Morgan fingerprint density at radius 1 is 1.43 bits per heavy atom. The summed E-state index contributed by atoms with van der Waals surface area (Å²) in [4.78, 5) is 11.0. The number of benzene rings is 1. The average Bonchev–Trinajstić information content (AvgIpc) is 3.03. The van der Waals surface area contributed by atoms with Gasteiger partial charge in [-0.05, 0) is 42.9 Å². The molecule has 6 nitrogen and oxygen atoms in total. The van der Waals surface area contributed by atoms with Gasteiger partial charge in [-0.1, -0.05) is 6.92 Å². The number of carboxylic acid groups (broad SMARTS) is 1. The Hall–Kier alpha value is -1.60. The van der Waals surface area contributed by atoms with E-state index >= 15 is 0 Å². The monoisotopic (exact) mass is 313 g/mol. The van der Waals surface area contributed by atoms with Crippen LogP contribution < -0.4 is 0 Å². The van der Waals surface area contributed by atoms with Gasteiger partial charge >= 0.3 is 5.97 Å². The van der Waals surface area contributed by atoms with Crippen LogP contribution in [0.2, 0.25) is 0 Å². The molecule has 21 heavy (non-hydrogen) atoms. The maximum absolute atomic E-state index is 12.6. The molecule has 0 radical (unpaired) electrons. The molecule has 2 rings (SSSR count). The number of carbonyl (C=O) groups is 1. The van der Waals surface area contributed by atoms with E-state index in [-0.39, 0.29) is 4.90 Å². The molecular weight excluding hydrogens is 294 g/mol. The average molecular weight is 313 g/mol. The lowest BCUT2D eigenvalue weighted by Crippen LogP contribution is -2.30. The van der Waals surface area contributed by atoms with E-state index in [1.165, 1.54) is 24.3 Å². The highest BCUT2D eigenvalue weighted by Gasteiger charge is 2.36. The molecule has 2 N–H and O–H groups in total. The van der Waals surface area contributed by atoms with Crippen LogP contribution in [0.5, 0.6) is 5.75 Å². The van der Waals surface area contributed by atoms with Crippen molar-refractivity contribution in [2.45, 2.75) is 25.2 Å². The number of phenols is 1. The molecule has 0 aromatic heterocycles. The molecule has 2 atom stereocenters. The summed E-state index contributed by atoms with van der Waals surface area (Å²) in [7, 11) is -2.27. The van der Waals surface area contributed by atoms with Gasteiger partial charge in [-0.2, -0.15) is 0 Å². The smallest absolute Gasteiger partial charge is 0.339 e. The molecule has 0 aliphatic heterocycles. The minimum atomic E-state index is -3.76. The van der Waals surface area contributed by atoms with Crippen LogP contribution in [0.25, 0.3) is 0 Å². The predicted octanol–water partition coefficient (Wildman–Crippen LogP) is 1.68. The lowest BCUT2D eigenvalue weighted by molar-refractivity contribution is 0.0693. The first-order valence-electron chi connectivity index (χ1n) is 6.67. The molecule has 1 aromatic rings. The lowest BCUT2D eigenvalue weighted by atomic mass is 10.1. The standard InChI is InChI=1S/C14H19NO5S/c1-8-4-10(8)7-15(3)21(19,20)13-6-11(14(17)18)12(16)5-9(13)2/h5-6,8,10,16H,4,7H2,1-3H3,(H,17,18). The fraction of sp³-hybridized carbons (Fsp3) is 0.500. The SMILES string of the molecule is Cc1cc(O)c(C(=O)O)cc1S(=O)(=O)N(C)CC1CC1C. The fourth-order valence-electron chi connectivity index (χ4n) is 2.37. The highest BCUT2D eigenvalue weighted by Crippen LogP contribution is 2.39. The van der Waals surface area contributed by atoms with Crippen LogP contribution in [0.15, 0.2) is 17.0 Å². The van der Waals surface area contributed by atoms with Crippen molar-refractivity contribution in [2.75, 3.05) is 13.6 Å². The van der Waals surface area contributed by atoms with Crippen molar-refractivity contribution in [1.82, 2.24) is 4.31 Å². The molecule has 0 amide bonds. The second-order valence-corrected chi connectivity index (χ2v) is 7.71. The number of sulfonamides is 1. The number of carboxylic acids is 1. The molecule has 0 bridgehead atoms. The summed E-state index contributed by atoms with van der Waals surface area (Å²) < 4.78 is 26.4. The molecule has 1 aromatic carbocycles. The largest absolute Gasteiger partial charge is 0.507 e. The first-order chi connectivity index (χ1) is 9.64. The van der Waals surface area contributed by atoms with E-state index in [0.29, 0.717) is 23.9 Å². The third-order valence-electron chi connectivity index (χ3n) is 3.98. The van der Waals surface area contributed by atoms with Gasteiger partial charge in [0.05, 0.1) is 4.90 Å². The third-order valence-corrected chi connectivity index (χ3v) is 5.95. The zero-order valence-electron chi connectivity index (χ0n) is 12.2. The van der Waals surface area contributed by atoms with Crippen molar-refractivity contribution in [3.8, 4) is 5.75 Å². The minimum Gasteiger partial charge on any atom is -0.507 e. The highest BCUT2D eigenvalue weighted by atomic mass is 32.2. The molecule has 0 heterocycles.